The molecular weight excluding hydrogens is 597 g/mol. The first-order valence-corrected chi connectivity index (χ1v) is 22.0. The molecule has 6 nitrogen and oxygen atoms in total. The molecule has 0 heterocycles. The van der Waals surface area contributed by atoms with Crippen LogP contribution in [0.5, 0.6) is 11.5 Å². The number of carbonyl (C=O) groups excluding carboxylic acids is 2. The van der Waals surface area contributed by atoms with Gasteiger partial charge in [-0.3, -0.25) is 0 Å². The molecule has 0 N–H and O–H groups in total. The number of aryl methyl sites for hydroxylation is 1. The zero-order valence-corrected chi connectivity index (χ0v) is 29.5. The largest absolute Gasteiger partial charge is 0.493 e. The number of carbonyl (C=O) groups is 2. The summed E-state index contributed by atoms with van der Waals surface area (Å²) in [5.74, 6) is 0.837. The van der Waals surface area contributed by atoms with E-state index in [0.717, 1.165) is 23.6 Å². The Morgan fingerprint density at radius 3 is 1.51 bits per heavy atom. The maximum Gasteiger partial charge on any atom is 0.330 e. The molecule has 0 atom stereocenters. The van der Waals surface area contributed by atoms with Crippen LogP contribution in [-0.2, 0) is 31.2 Å². The normalized spacial score (nSPS) is 11.4. The average Bonchev–Trinajstić information content (AvgIpc) is 3.01. The van der Waals surface area contributed by atoms with E-state index in [1.165, 1.54) is 39.2 Å². The minimum Gasteiger partial charge on any atom is -0.493 e. The maximum absolute atomic E-state index is 11.1. The Kier molecular flexibility index (Phi) is 13.4. The van der Waals surface area contributed by atoms with Crippen molar-refractivity contribution in [3.8, 4) is 11.5 Å². The second-order valence-corrected chi connectivity index (χ2v) is 21.9. The van der Waals surface area contributed by atoms with E-state index < -0.39 is 28.1 Å². The summed E-state index contributed by atoms with van der Waals surface area (Å²) in [6, 6.07) is 26.1. The van der Waals surface area contributed by atoms with Gasteiger partial charge in [-0.2, -0.15) is 0 Å². The zero-order valence-electron chi connectivity index (χ0n) is 27.5. The standard InChI is InChI=1S/C37H48O6Si2/c1-8-36(38)42-24-10-22-40-32-16-12-30(13-17-32)27-44(4,5)34-20-21-35(29(3)26-34)45(6,7)28-31-14-18-33(19-15-31)41-23-11-25-43-37(39)9-2/h8-9,12-21,26H,1-2,10-11,22-25,27-28H2,3-7H3. The van der Waals surface area contributed by atoms with Gasteiger partial charge in [-0.1, -0.05) is 109 Å². The summed E-state index contributed by atoms with van der Waals surface area (Å²) in [5.41, 5.74) is 4.03. The van der Waals surface area contributed by atoms with Gasteiger partial charge in [-0.25, -0.2) is 9.59 Å². The van der Waals surface area contributed by atoms with Crippen LogP contribution in [0.3, 0.4) is 0 Å². The van der Waals surface area contributed by atoms with E-state index in [-0.39, 0.29) is 0 Å². The first-order valence-electron chi connectivity index (χ1n) is 15.6. The molecule has 0 aromatic heterocycles. The van der Waals surface area contributed by atoms with Crippen LogP contribution in [0.25, 0.3) is 0 Å². The molecular formula is C37H48O6Si2. The molecule has 240 valence electrons. The van der Waals surface area contributed by atoms with E-state index in [2.05, 4.69) is 88.7 Å². The topological polar surface area (TPSA) is 71.1 Å². The summed E-state index contributed by atoms with van der Waals surface area (Å²) in [5, 5.41) is 2.98. The van der Waals surface area contributed by atoms with E-state index >= 15 is 0 Å². The fourth-order valence-electron chi connectivity index (χ4n) is 5.43. The van der Waals surface area contributed by atoms with Gasteiger partial charge >= 0.3 is 11.9 Å². The average molecular weight is 645 g/mol. The van der Waals surface area contributed by atoms with Gasteiger partial charge < -0.3 is 18.9 Å². The molecule has 0 aliphatic rings. The molecule has 0 unspecified atom stereocenters. The van der Waals surface area contributed by atoms with E-state index in [1.807, 2.05) is 24.3 Å². The molecule has 0 radical (unpaired) electrons. The number of hydrogen-bond acceptors (Lipinski definition) is 6. The van der Waals surface area contributed by atoms with Gasteiger partial charge in [0, 0.05) is 25.0 Å². The third-order valence-electron chi connectivity index (χ3n) is 7.81. The summed E-state index contributed by atoms with van der Waals surface area (Å²) in [7, 11) is -3.48. The third-order valence-corrected chi connectivity index (χ3v) is 14.3. The zero-order chi connectivity index (χ0) is 32.9. The van der Waals surface area contributed by atoms with Crippen molar-refractivity contribution in [2.24, 2.45) is 0 Å². The molecule has 0 aliphatic heterocycles. The molecule has 8 heteroatoms. The summed E-state index contributed by atoms with van der Waals surface area (Å²) < 4.78 is 21.6. The number of rotatable bonds is 18. The van der Waals surface area contributed by atoms with Gasteiger partial charge in [0.05, 0.1) is 42.6 Å². The molecule has 0 fully saturated rings. The van der Waals surface area contributed by atoms with E-state index in [1.54, 1.807) is 0 Å². The Morgan fingerprint density at radius 2 is 1.09 bits per heavy atom. The lowest BCUT2D eigenvalue weighted by Crippen LogP contribution is -2.49. The van der Waals surface area contributed by atoms with Crippen LogP contribution < -0.4 is 19.8 Å². The van der Waals surface area contributed by atoms with Crippen molar-refractivity contribution in [1.82, 2.24) is 0 Å². The number of benzene rings is 3. The fourth-order valence-corrected chi connectivity index (χ4v) is 11.2. The Labute approximate surface area is 271 Å². The molecule has 0 amide bonds. The first kappa shape index (κ1) is 35.6. The van der Waals surface area contributed by atoms with Crippen LogP contribution in [0.4, 0.5) is 0 Å². The summed E-state index contributed by atoms with van der Waals surface area (Å²) in [6.45, 7) is 20.5. The maximum atomic E-state index is 11.1. The Balaban J connectivity index is 1.54. The second kappa shape index (κ2) is 17.0. The SMILES string of the molecule is C=CC(=O)OCCCOc1ccc(C[Si](C)(C)c2ccc([Si](C)(C)Cc3ccc(OCCCOC(=O)C=C)cc3)c(C)c2)cc1. The predicted octanol–water partition coefficient (Wildman–Crippen LogP) is 6.39. The summed E-state index contributed by atoms with van der Waals surface area (Å²) in [6.07, 6.45) is 3.61. The van der Waals surface area contributed by atoms with Gasteiger partial charge in [-0.05, 0) is 43.3 Å². The molecule has 0 saturated carbocycles. The minimum absolute atomic E-state index is 0.323. The third kappa shape index (κ3) is 11.5. The lowest BCUT2D eigenvalue weighted by atomic mass is 10.2. The first-order chi connectivity index (χ1) is 21.4. The van der Waals surface area contributed by atoms with Gasteiger partial charge in [0.2, 0.25) is 0 Å². The summed E-state index contributed by atoms with van der Waals surface area (Å²) in [4.78, 5) is 22.2. The van der Waals surface area contributed by atoms with Crippen LogP contribution in [0.15, 0.2) is 92.0 Å². The monoisotopic (exact) mass is 644 g/mol. The van der Waals surface area contributed by atoms with Gasteiger partial charge in [0.25, 0.3) is 0 Å². The van der Waals surface area contributed by atoms with E-state index in [9.17, 15) is 9.59 Å². The van der Waals surface area contributed by atoms with Crippen LogP contribution >= 0.6 is 0 Å². The molecule has 3 aromatic carbocycles. The van der Waals surface area contributed by atoms with Crippen LogP contribution in [0, 0.1) is 6.92 Å². The summed E-state index contributed by atoms with van der Waals surface area (Å²) >= 11 is 0. The Hall–Kier alpha value is -3.89. The Morgan fingerprint density at radius 1 is 0.644 bits per heavy atom. The van der Waals surface area contributed by atoms with Crippen molar-refractivity contribution in [2.75, 3.05) is 26.4 Å². The quantitative estimate of drug-likeness (QED) is 0.0693. The van der Waals surface area contributed by atoms with Gasteiger partial charge in [0.15, 0.2) is 0 Å². The Bertz CT molecular complexity index is 1430. The van der Waals surface area contributed by atoms with Crippen LogP contribution in [0.2, 0.25) is 26.2 Å². The van der Waals surface area contributed by atoms with Crippen molar-refractivity contribution in [3.05, 3.63) is 109 Å². The van der Waals surface area contributed by atoms with Crippen molar-refractivity contribution in [3.63, 3.8) is 0 Å². The van der Waals surface area contributed by atoms with Crippen LogP contribution in [-0.4, -0.2) is 54.5 Å². The fraction of sp³-hybridized carbons (Fsp3) is 0.351. The number of hydrogen-bond donors (Lipinski definition) is 0. The highest BCUT2D eigenvalue weighted by molar-refractivity contribution is 6.91. The highest BCUT2D eigenvalue weighted by atomic mass is 28.3. The van der Waals surface area contributed by atoms with E-state index in [4.69, 9.17) is 18.9 Å². The second-order valence-electron chi connectivity index (χ2n) is 12.6. The van der Waals surface area contributed by atoms with Crippen LogP contribution in [0.1, 0.15) is 29.5 Å². The predicted molar refractivity (Wildman–Crippen MR) is 188 cm³/mol. The molecule has 0 aliphatic carbocycles. The van der Waals surface area contributed by atoms with E-state index in [0.29, 0.717) is 39.3 Å². The van der Waals surface area contributed by atoms with Crippen molar-refractivity contribution < 1.29 is 28.5 Å². The van der Waals surface area contributed by atoms with Crippen molar-refractivity contribution in [2.45, 2.75) is 58.0 Å². The molecule has 3 aromatic rings. The highest BCUT2D eigenvalue weighted by Crippen LogP contribution is 2.20. The lowest BCUT2D eigenvalue weighted by Gasteiger charge is -2.29. The van der Waals surface area contributed by atoms with Gasteiger partial charge in [0.1, 0.15) is 11.5 Å². The number of esters is 2. The van der Waals surface area contributed by atoms with Crippen molar-refractivity contribution in [1.29, 1.82) is 0 Å². The molecule has 0 spiro atoms. The lowest BCUT2D eigenvalue weighted by molar-refractivity contribution is -0.138. The molecule has 3 rings (SSSR count). The molecule has 45 heavy (non-hydrogen) atoms. The highest BCUT2D eigenvalue weighted by Gasteiger charge is 2.29. The number of ether oxygens (including phenoxy) is 4. The van der Waals surface area contributed by atoms with Crippen molar-refractivity contribution >= 4 is 38.5 Å². The van der Waals surface area contributed by atoms with Gasteiger partial charge in [-0.15, -0.1) is 0 Å². The smallest absolute Gasteiger partial charge is 0.330 e. The molecule has 0 saturated heterocycles. The minimum atomic E-state index is -1.74. The molecule has 0 bridgehead atoms.